The van der Waals surface area contributed by atoms with E-state index >= 15 is 0 Å². The van der Waals surface area contributed by atoms with Gasteiger partial charge in [-0.1, -0.05) is 150 Å². The van der Waals surface area contributed by atoms with E-state index in [0.717, 1.165) is 89.4 Å². The number of methoxy groups -OCH3 is 2. The lowest BCUT2D eigenvalue weighted by Crippen LogP contribution is -2.32. The Morgan fingerprint density at radius 1 is 0.508 bits per heavy atom. The van der Waals surface area contributed by atoms with Gasteiger partial charge in [0.2, 0.25) is 11.8 Å². The molecule has 65 heavy (non-hydrogen) atoms. The van der Waals surface area contributed by atoms with E-state index in [-0.39, 0.29) is 39.4 Å². The lowest BCUT2D eigenvalue weighted by Gasteiger charge is -2.29. The molecule has 1 aliphatic carbocycles. The number of nitrogens with one attached hydrogen (secondary N) is 1. The van der Waals surface area contributed by atoms with E-state index < -0.39 is 21.8 Å². The van der Waals surface area contributed by atoms with Crippen LogP contribution in [0.3, 0.4) is 0 Å². The van der Waals surface area contributed by atoms with Crippen molar-refractivity contribution in [2.24, 2.45) is 5.73 Å². The van der Waals surface area contributed by atoms with Crippen molar-refractivity contribution >= 4 is 21.8 Å². The molecule has 2 amide bonds. The van der Waals surface area contributed by atoms with Crippen molar-refractivity contribution in [3.63, 3.8) is 0 Å². The van der Waals surface area contributed by atoms with Gasteiger partial charge in [0.1, 0.15) is 11.5 Å². The molecular formula is C56H70N2O6S. The van der Waals surface area contributed by atoms with Crippen LogP contribution in [0.2, 0.25) is 0 Å². The molecule has 3 N–H and O–H groups in total. The van der Waals surface area contributed by atoms with Crippen molar-refractivity contribution in [3.8, 4) is 11.5 Å². The smallest absolute Gasteiger partial charge is 0.264 e. The van der Waals surface area contributed by atoms with Gasteiger partial charge < -0.3 is 15.2 Å². The molecule has 5 aromatic carbocycles. The highest BCUT2D eigenvalue weighted by molar-refractivity contribution is 7.90. The van der Waals surface area contributed by atoms with Crippen molar-refractivity contribution in [1.82, 2.24) is 4.72 Å². The highest BCUT2D eigenvalue weighted by Crippen LogP contribution is 2.42. The van der Waals surface area contributed by atoms with Gasteiger partial charge in [-0.2, -0.15) is 0 Å². The zero-order valence-corrected chi connectivity index (χ0v) is 42.0. The van der Waals surface area contributed by atoms with Crippen LogP contribution in [0.5, 0.6) is 11.5 Å². The summed E-state index contributed by atoms with van der Waals surface area (Å²) in [7, 11) is -0.753. The zero-order valence-electron chi connectivity index (χ0n) is 41.2. The number of primary amides is 1. The third-order valence-corrected chi connectivity index (χ3v) is 14.1. The number of ether oxygens (including phenoxy) is 2. The van der Waals surface area contributed by atoms with Crippen molar-refractivity contribution < 1.29 is 27.5 Å². The number of sulfonamides is 1. The van der Waals surface area contributed by atoms with Crippen LogP contribution in [-0.4, -0.2) is 34.5 Å². The Hall–Kier alpha value is -5.41. The third kappa shape index (κ3) is 11.2. The van der Waals surface area contributed by atoms with Crippen molar-refractivity contribution in [1.29, 1.82) is 0 Å². The van der Waals surface area contributed by atoms with Crippen LogP contribution in [0.25, 0.3) is 0 Å². The minimum absolute atomic E-state index is 0.0179. The van der Waals surface area contributed by atoms with Crippen molar-refractivity contribution in [2.75, 3.05) is 14.2 Å². The first-order chi connectivity index (χ1) is 30.1. The van der Waals surface area contributed by atoms with Gasteiger partial charge in [0.25, 0.3) is 10.0 Å². The highest BCUT2D eigenvalue weighted by atomic mass is 32.2. The Morgan fingerprint density at radius 3 is 1.08 bits per heavy atom. The van der Waals surface area contributed by atoms with Crippen LogP contribution in [-0.2, 0) is 79.8 Å². The quantitative estimate of drug-likeness (QED) is 0.157. The molecule has 0 radical (unpaired) electrons. The maximum Gasteiger partial charge on any atom is 0.264 e. The summed E-state index contributed by atoms with van der Waals surface area (Å²) in [5, 5.41) is 0. The van der Waals surface area contributed by atoms with Gasteiger partial charge in [-0.3, -0.25) is 9.59 Å². The van der Waals surface area contributed by atoms with Gasteiger partial charge in [-0.05, 0) is 112 Å². The SMILES string of the molecule is COc1c2cc(C(C)(C)C)cc1Cc1cc(C(C)(C)C)cc(c1CC(=O)NS(=O)(=O)c1ccccc1)Cc1cc(C(C)(C)C)cc(c1OC)Cc1cc(C(C)(C)C)cc(c1CC(N)=O)C2. The molecule has 0 spiro atoms. The molecule has 8 nitrogen and oxygen atoms in total. The van der Waals surface area contributed by atoms with E-state index in [1.807, 2.05) is 0 Å². The minimum Gasteiger partial charge on any atom is -0.496 e. The molecule has 0 saturated heterocycles. The van der Waals surface area contributed by atoms with Gasteiger partial charge >= 0.3 is 0 Å². The van der Waals surface area contributed by atoms with Crippen LogP contribution >= 0.6 is 0 Å². The first kappa shape index (κ1) is 49.0. The van der Waals surface area contributed by atoms with E-state index in [9.17, 15) is 18.0 Å². The lowest BCUT2D eigenvalue weighted by atomic mass is 9.77. The molecule has 1 aliphatic rings. The van der Waals surface area contributed by atoms with Crippen LogP contribution in [0, 0.1) is 0 Å². The summed E-state index contributed by atoms with van der Waals surface area (Å²) >= 11 is 0. The van der Waals surface area contributed by atoms with Crippen LogP contribution in [0.4, 0.5) is 0 Å². The summed E-state index contributed by atoms with van der Waals surface area (Å²) in [6.07, 6.45) is 1.64. The molecule has 5 aromatic rings. The monoisotopic (exact) mass is 898 g/mol. The summed E-state index contributed by atoms with van der Waals surface area (Å²) in [5.74, 6) is 0.420. The minimum atomic E-state index is -4.15. The number of fused-ring (bicyclic) bond motifs is 8. The largest absolute Gasteiger partial charge is 0.496 e. The summed E-state index contributed by atoms with van der Waals surface area (Å²) in [6, 6.07) is 25.7. The number of hydrogen-bond acceptors (Lipinski definition) is 6. The second-order valence-electron chi connectivity index (χ2n) is 22.1. The number of carbonyl (C=O) groups is 2. The van der Waals surface area contributed by atoms with Crippen LogP contribution < -0.4 is 19.9 Å². The number of rotatable bonds is 8. The molecule has 0 heterocycles. The van der Waals surface area contributed by atoms with Gasteiger partial charge in [-0.15, -0.1) is 0 Å². The Balaban J connectivity index is 1.75. The average molecular weight is 899 g/mol. The lowest BCUT2D eigenvalue weighted by molar-refractivity contribution is -0.119. The van der Waals surface area contributed by atoms with E-state index in [2.05, 4.69) is 136 Å². The van der Waals surface area contributed by atoms with Crippen LogP contribution in [0.1, 0.15) is 161 Å². The molecule has 0 fully saturated rings. The fourth-order valence-corrected chi connectivity index (χ4v) is 9.98. The standard InChI is InChI=1S/C56H70N2O6S/c1-53(2,3)42-24-34-20-38-28-44(55(7,8)9)30-40(51(38)63-13)22-36-26-43(54(4,5)6)27-37(48(36)33-50(60)58-65(61,62)46-18-16-15-17-19-46)23-41-31-45(56(10,11)12)29-39(52(41)64-14)21-35(25-42)47(34)32-49(57)59/h15-19,24-31H,20-23,32-33H2,1-14H3,(H2,57,59)(H,58,60). The fraction of sp³-hybridized carbons (Fsp3) is 0.429. The molecule has 346 valence electrons. The zero-order chi connectivity index (χ0) is 48.0. The number of amides is 2. The molecule has 9 heteroatoms. The van der Waals surface area contributed by atoms with Gasteiger partial charge in [-0.25, -0.2) is 13.1 Å². The van der Waals surface area contributed by atoms with E-state index in [0.29, 0.717) is 25.7 Å². The summed E-state index contributed by atoms with van der Waals surface area (Å²) < 4.78 is 42.5. The van der Waals surface area contributed by atoms with Crippen molar-refractivity contribution in [3.05, 3.63) is 157 Å². The number of hydrogen-bond donors (Lipinski definition) is 2. The van der Waals surface area contributed by atoms with E-state index in [4.69, 9.17) is 15.2 Å². The van der Waals surface area contributed by atoms with Crippen molar-refractivity contribution in [2.45, 2.75) is 148 Å². The van der Waals surface area contributed by atoms with E-state index in [1.54, 1.807) is 32.4 Å². The second kappa shape index (κ2) is 18.1. The summed E-state index contributed by atoms with van der Waals surface area (Å²) in [4.78, 5) is 27.4. The first-order valence-electron chi connectivity index (χ1n) is 22.7. The molecule has 8 bridgehead atoms. The van der Waals surface area contributed by atoms with Crippen LogP contribution in [0.15, 0.2) is 83.8 Å². The Labute approximate surface area is 388 Å². The summed E-state index contributed by atoms with van der Waals surface area (Å²) in [5.41, 5.74) is 18.9. The number of carbonyl (C=O) groups excluding carboxylic acids is 2. The Kier molecular flexibility index (Phi) is 13.7. The highest BCUT2D eigenvalue weighted by Gasteiger charge is 2.30. The fourth-order valence-electron chi connectivity index (χ4n) is 8.97. The van der Waals surface area contributed by atoms with Gasteiger partial charge in [0.15, 0.2) is 0 Å². The third-order valence-electron chi connectivity index (χ3n) is 12.7. The number of nitrogens with two attached hydrogens (primary N) is 1. The van der Waals surface area contributed by atoms with Gasteiger partial charge in [0.05, 0.1) is 32.0 Å². The second-order valence-corrected chi connectivity index (χ2v) is 23.8. The molecule has 0 aromatic heterocycles. The predicted octanol–water partition coefficient (Wildman–Crippen LogP) is 10.6. The maximum atomic E-state index is 14.3. The normalized spacial score (nSPS) is 13.6. The molecule has 0 atom stereocenters. The Morgan fingerprint density at radius 2 is 0.800 bits per heavy atom. The van der Waals surface area contributed by atoms with Gasteiger partial charge in [0, 0.05) is 25.7 Å². The maximum absolute atomic E-state index is 14.3. The molecule has 0 unspecified atom stereocenters. The topological polar surface area (TPSA) is 125 Å². The molecule has 6 rings (SSSR count). The summed E-state index contributed by atoms with van der Waals surface area (Å²) in [6.45, 7) is 26.3. The molecule has 0 saturated carbocycles. The van der Waals surface area contributed by atoms with E-state index in [1.165, 1.54) is 12.1 Å². The average Bonchev–Trinajstić information content (AvgIpc) is 3.18. The predicted molar refractivity (Wildman–Crippen MR) is 263 cm³/mol. The first-order valence-corrected chi connectivity index (χ1v) is 24.2. The molecule has 0 aliphatic heterocycles. The molecular weight excluding hydrogens is 829 g/mol. The number of benzene rings is 5. The Bertz CT molecular complexity index is 2620.